The zero-order chi connectivity index (χ0) is 10.7. The van der Waals surface area contributed by atoms with Gasteiger partial charge in [-0.25, -0.2) is 0 Å². The molecular weight excluding hydrogens is 206 g/mol. The van der Waals surface area contributed by atoms with Crippen LogP contribution in [0.3, 0.4) is 0 Å². The summed E-state index contributed by atoms with van der Waals surface area (Å²) in [6.07, 6.45) is -2.20. The number of rotatable bonds is 3. The second kappa shape index (κ2) is 4.61. The maximum Gasteiger partial charge on any atom is 0.117 e. The van der Waals surface area contributed by atoms with Gasteiger partial charge >= 0.3 is 0 Å². The predicted molar refractivity (Wildman–Crippen MR) is 53.1 cm³/mol. The van der Waals surface area contributed by atoms with Crippen molar-refractivity contribution in [3.8, 4) is 5.75 Å². The molecule has 0 aliphatic rings. The largest absolute Gasteiger partial charge is 0.508 e. The molecule has 5 N–H and O–H groups in total. The first kappa shape index (κ1) is 11.3. The van der Waals surface area contributed by atoms with E-state index in [9.17, 15) is 15.3 Å². The molecule has 0 saturated heterocycles. The highest BCUT2D eigenvalue weighted by molar-refractivity contribution is 6.30. The van der Waals surface area contributed by atoms with Crippen molar-refractivity contribution in [2.75, 3.05) is 6.54 Å². The van der Waals surface area contributed by atoms with Gasteiger partial charge < -0.3 is 21.1 Å². The minimum absolute atomic E-state index is 0.0595. The van der Waals surface area contributed by atoms with Crippen LogP contribution in [0.1, 0.15) is 11.7 Å². The summed E-state index contributed by atoms with van der Waals surface area (Å²) in [5, 5.41) is 28.3. The van der Waals surface area contributed by atoms with Gasteiger partial charge in [-0.1, -0.05) is 11.6 Å². The summed E-state index contributed by atoms with van der Waals surface area (Å²) in [6, 6.07) is 4.13. The highest BCUT2D eigenvalue weighted by Crippen LogP contribution is 2.25. The SMILES string of the molecule is NCC(O)C(O)c1cc(O)cc(Cl)c1. The summed E-state index contributed by atoms with van der Waals surface area (Å²) in [5.41, 5.74) is 5.52. The Labute approximate surface area is 86.6 Å². The molecule has 0 heterocycles. The molecule has 14 heavy (non-hydrogen) atoms. The van der Waals surface area contributed by atoms with E-state index in [4.69, 9.17) is 17.3 Å². The van der Waals surface area contributed by atoms with Crippen molar-refractivity contribution >= 4 is 11.6 Å². The fourth-order valence-electron chi connectivity index (χ4n) is 1.12. The number of aromatic hydroxyl groups is 1. The minimum Gasteiger partial charge on any atom is -0.508 e. The van der Waals surface area contributed by atoms with Gasteiger partial charge in [-0.15, -0.1) is 0 Å². The summed E-state index contributed by atoms with van der Waals surface area (Å²) < 4.78 is 0. The van der Waals surface area contributed by atoms with Crippen LogP contribution in [0, 0.1) is 0 Å². The lowest BCUT2D eigenvalue weighted by atomic mass is 10.0. The number of aliphatic hydroxyl groups is 2. The smallest absolute Gasteiger partial charge is 0.117 e. The third-order valence-electron chi connectivity index (χ3n) is 1.85. The maximum absolute atomic E-state index is 9.54. The van der Waals surface area contributed by atoms with Crippen LogP contribution in [0.4, 0.5) is 0 Å². The summed E-state index contributed by atoms with van der Waals surface area (Å²) in [4.78, 5) is 0. The zero-order valence-electron chi connectivity index (χ0n) is 7.39. The van der Waals surface area contributed by atoms with E-state index in [2.05, 4.69) is 0 Å². The Kier molecular flexibility index (Phi) is 3.71. The van der Waals surface area contributed by atoms with E-state index >= 15 is 0 Å². The molecule has 1 rings (SSSR count). The third-order valence-corrected chi connectivity index (χ3v) is 2.07. The molecule has 0 bridgehead atoms. The van der Waals surface area contributed by atoms with Crippen molar-refractivity contribution in [3.05, 3.63) is 28.8 Å². The van der Waals surface area contributed by atoms with Crippen molar-refractivity contribution in [1.29, 1.82) is 0 Å². The van der Waals surface area contributed by atoms with E-state index < -0.39 is 12.2 Å². The van der Waals surface area contributed by atoms with E-state index in [-0.39, 0.29) is 12.3 Å². The first-order valence-electron chi connectivity index (χ1n) is 4.10. The van der Waals surface area contributed by atoms with Crippen molar-refractivity contribution in [2.24, 2.45) is 5.73 Å². The van der Waals surface area contributed by atoms with Gasteiger partial charge in [0, 0.05) is 11.6 Å². The van der Waals surface area contributed by atoms with Crippen LogP contribution in [0.2, 0.25) is 5.02 Å². The molecule has 2 atom stereocenters. The quantitative estimate of drug-likeness (QED) is 0.590. The lowest BCUT2D eigenvalue weighted by Gasteiger charge is -2.16. The standard InChI is InChI=1S/C9H12ClNO3/c10-6-1-5(2-7(12)3-6)9(14)8(13)4-11/h1-3,8-9,12-14H,4,11H2. The number of benzene rings is 1. The number of aliphatic hydroxyl groups excluding tert-OH is 2. The molecule has 1 aromatic rings. The van der Waals surface area contributed by atoms with Gasteiger partial charge in [-0.05, 0) is 23.8 Å². The van der Waals surface area contributed by atoms with Gasteiger partial charge in [0.05, 0.1) is 6.10 Å². The first-order valence-corrected chi connectivity index (χ1v) is 4.48. The third kappa shape index (κ3) is 2.59. The summed E-state index contributed by atoms with van der Waals surface area (Å²) in [7, 11) is 0. The first-order chi connectivity index (χ1) is 6.54. The maximum atomic E-state index is 9.54. The fourth-order valence-corrected chi connectivity index (χ4v) is 1.36. The molecule has 5 heteroatoms. The van der Waals surface area contributed by atoms with Crippen LogP contribution in [-0.4, -0.2) is 28.0 Å². The molecule has 2 unspecified atom stereocenters. The normalized spacial score (nSPS) is 15.1. The molecule has 1 aromatic carbocycles. The molecule has 78 valence electrons. The Morgan fingerprint density at radius 3 is 2.43 bits per heavy atom. The van der Waals surface area contributed by atoms with Crippen LogP contribution in [0.15, 0.2) is 18.2 Å². The number of halogens is 1. The van der Waals surface area contributed by atoms with Crippen LogP contribution < -0.4 is 5.73 Å². The lowest BCUT2D eigenvalue weighted by Crippen LogP contribution is -2.27. The molecule has 0 spiro atoms. The molecule has 0 aliphatic carbocycles. The van der Waals surface area contributed by atoms with Crippen LogP contribution >= 0.6 is 11.6 Å². The van der Waals surface area contributed by atoms with Crippen molar-refractivity contribution < 1.29 is 15.3 Å². The number of phenols is 1. The Balaban J connectivity index is 2.94. The molecule has 4 nitrogen and oxygen atoms in total. The average Bonchev–Trinajstić information content (AvgIpc) is 2.14. The number of phenolic OH excluding ortho intramolecular Hbond substituents is 1. The van der Waals surface area contributed by atoms with Crippen molar-refractivity contribution in [1.82, 2.24) is 0 Å². The Hall–Kier alpha value is -0.810. The second-order valence-corrected chi connectivity index (χ2v) is 3.43. The van der Waals surface area contributed by atoms with E-state index in [1.807, 2.05) is 0 Å². The molecule has 0 amide bonds. The Bertz CT molecular complexity index is 299. The Morgan fingerprint density at radius 2 is 1.93 bits per heavy atom. The van der Waals surface area contributed by atoms with Gasteiger partial charge in [-0.3, -0.25) is 0 Å². The predicted octanol–water partition coefficient (Wildman–Crippen LogP) is 0.399. The van der Waals surface area contributed by atoms with E-state index in [0.29, 0.717) is 10.6 Å². The van der Waals surface area contributed by atoms with Gasteiger partial charge in [0.25, 0.3) is 0 Å². The second-order valence-electron chi connectivity index (χ2n) is 2.99. The van der Waals surface area contributed by atoms with Gasteiger partial charge in [0.2, 0.25) is 0 Å². The summed E-state index contributed by atoms with van der Waals surface area (Å²) in [5.74, 6) is -0.0595. The van der Waals surface area contributed by atoms with E-state index in [1.54, 1.807) is 0 Å². The van der Waals surface area contributed by atoms with Crippen LogP contribution in [-0.2, 0) is 0 Å². The zero-order valence-corrected chi connectivity index (χ0v) is 8.15. The fraction of sp³-hybridized carbons (Fsp3) is 0.333. The van der Waals surface area contributed by atoms with Crippen molar-refractivity contribution in [2.45, 2.75) is 12.2 Å². The van der Waals surface area contributed by atoms with E-state index in [0.717, 1.165) is 0 Å². The summed E-state index contributed by atoms with van der Waals surface area (Å²) >= 11 is 5.66. The molecule has 0 aliphatic heterocycles. The minimum atomic E-state index is -1.13. The molecular formula is C9H12ClNO3. The van der Waals surface area contributed by atoms with E-state index in [1.165, 1.54) is 18.2 Å². The van der Waals surface area contributed by atoms with Gasteiger partial charge in [0.1, 0.15) is 11.9 Å². The molecule has 0 radical (unpaired) electrons. The summed E-state index contributed by atoms with van der Waals surface area (Å²) in [6.45, 7) is -0.0611. The number of nitrogens with two attached hydrogens (primary N) is 1. The highest BCUT2D eigenvalue weighted by Gasteiger charge is 2.17. The monoisotopic (exact) mass is 217 g/mol. The number of hydrogen-bond donors (Lipinski definition) is 4. The average molecular weight is 218 g/mol. The van der Waals surface area contributed by atoms with Gasteiger partial charge in [-0.2, -0.15) is 0 Å². The molecule has 0 saturated carbocycles. The highest BCUT2D eigenvalue weighted by atomic mass is 35.5. The Morgan fingerprint density at radius 1 is 1.29 bits per heavy atom. The number of hydrogen-bond acceptors (Lipinski definition) is 4. The van der Waals surface area contributed by atoms with Crippen molar-refractivity contribution in [3.63, 3.8) is 0 Å². The van der Waals surface area contributed by atoms with Crippen LogP contribution in [0.25, 0.3) is 0 Å². The van der Waals surface area contributed by atoms with Crippen LogP contribution in [0.5, 0.6) is 5.75 Å². The lowest BCUT2D eigenvalue weighted by molar-refractivity contribution is 0.0242. The van der Waals surface area contributed by atoms with Gasteiger partial charge in [0.15, 0.2) is 0 Å². The topological polar surface area (TPSA) is 86.7 Å². The molecule has 0 aromatic heterocycles. The molecule has 0 fully saturated rings.